The molecule has 0 radical (unpaired) electrons. The highest BCUT2D eigenvalue weighted by molar-refractivity contribution is 5.92. The topological polar surface area (TPSA) is 50.2 Å². The highest BCUT2D eigenvalue weighted by atomic mass is 19.4. The van der Waals surface area contributed by atoms with Crippen molar-refractivity contribution in [3.63, 3.8) is 0 Å². The van der Waals surface area contributed by atoms with Crippen molar-refractivity contribution in [3.05, 3.63) is 83.4 Å². The van der Waals surface area contributed by atoms with Crippen LogP contribution in [0.5, 0.6) is 0 Å². The number of benzene rings is 2. The van der Waals surface area contributed by atoms with Gasteiger partial charge < -0.3 is 5.32 Å². The third kappa shape index (κ3) is 4.99. The Bertz CT molecular complexity index is 1090. The maximum absolute atomic E-state index is 13.3. The van der Waals surface area contributed by atoms with Gasteiger partial charge in [-0.1, -0.05) is 12.1 Å². The molecule has 0 aliphatic carbocycles. The molecule has 1 fully saturated rings. The molecule has 1 saturated heterocycles. The highest BCUT2D eigenvalue weighted by Crippen LogP contribution is 2.39. The molecule has 4 rings (SSSR count). The van der Waals surface area contributed by atoms with Gasteiger partial charge in [-0.3, -0.25) is 14.4 Å². The van der Waals surface area contributed by atoms with Gasteiger partial charge in [0.15, 0.2) is 0 Å². The second-order valence-electron chi connectivity index (χ2n) is 8.02. The summed E-state index contributed by atoms with van der Waals surface area (Å²) in [7, 11) is 1.79. The fourth-order valence-electron chi connectivity index (χ4n) is 4.10. The fraction of sp³-hybridized carbons (Fsp3) is 0.304. The predicted molar refractivity (Wildman–Crippen MR) is 111 cm³/mol. The van der Waals surface area contributed by atoms with Crippen LogP contribution >= 0.6 is 0 Å². The van der Waals surface area contributed by atoms with Crippen molar-refractivity contribution >= 4 is 11.6 Å². The monoisotopic (exact) mass is 446 g/mol. The smallest absolute Gasteiger partial charge is 0.326 e. The molecule has 3 aromatic rings. The lowest BCUT2D eigenvalue weighted by Gasteiger charge is -2.24. The lowest BCUT2D eigenvalue weighted by molar-refractivity contribution is -0.137. The summed E-state index contributed by atoms with van der Waals surface area (Å²) in [4.78, 5) is 14.9. The lowest BCUT2D eigenvalue weighted by atomic mass is 9.97. The molecule has 0 bridgehead atoms. The third-order valence-corrected chi connectivity index (χ3v) is 5.63. The van der Waals surface area contributed by atoms with Gasteiger partial charge in [0.2, 0.25) is 5.91 Å². The Kier molecular flexibility index (Phi) is 6.01. The average Bonchev–Trinajstić information content (AvgIpc) is 3.35. The maximum atomic E-state index is 13.3. The first kappa shape index (κ1) is 22.0. The van der Waals surface area contributed by atoms with Crippen LogP contribution in [-0.2, 0) is 24.6 Å². The number of aromatic nitrogens is 2. The van der Waals surface area contributed by atoms with Crippen molar-refractivity contribution in [2.24, 2.45) is 13.0 Å². The molecule has 2 atom stereocenters. The summed E-state index contributed by atoms with van der Waals surface area (Å²) in [6.07, 6.45) is -0.527. The van der Waals surface area contributed by atoms with E-state index in [2.05, 4.69) is 10.4 Å². The number of nitrogens with zero attached hydrogens (tertiary/aromatic N) is 3. The normalized spacial score (nSPS) is 19.3. The minimum atomic E-state index is -4.44. The van der Waals surface area contributed by atoms with E-state index in [9.17, 15) is 22.4 Å². The second kappa shape index (κ2) is 8.74. The lowest BCUT2D eigenvalue weighted by Crippen LogP contribution is -2.27. The molecule has 0 unspecified atom stereocenters. The first-order valence-electron chi connectivity index (χ1n) is 10.1. The van der Waals surface area contributed by atoms with Crippen LogP contribution in [0.15, 0.2) is 60.9 Å². The molecule has 1 aromatic heterocycles. The third-order valence-electron chi connectivity index (χ3n) is 5.63. The van der Waals surface area contributed by atoms with Gasteiger partial charge in [0, 0.05) is 43.6 Å². The summed E-state index contributed by atoms with van der Waals surface area (Å²) < 4.78 is 54.6. The first-order chi connectivity index (χ1) is 15.2. The zero-order valence-electron chi connectivity index (χ0n) is 17.3. The van der Waals surface area contributed by atoms with Crippen molar-refractivity contribution in [2.75, 3.05) is 11.9 Å². The van der Waals surface area contributed by atoms with Gasteiger partial charge in [-0.05, 0) is 48.4 Å². The molecule has 1 N–H and O–H groups in total. The summed E-state index contributed by atoms with van der Waals surface area (Å²) in [6.45, 7) is 0.831. The Morgan fingerprint density at radius 1 is 1.19 bits per heavy atom. The quantitative estimate of drug-likeness (QED) is 0.574. The molecule has 168 valence electrons. The molecule has 32 heavy (non-hydrogen) atoms. The summed E-state index contributed by atoms with van der Waals surface area (Å²) in [5, 5.41) is 6.93. The van der Waals surface area contributed by atoms with Crippen LogP contribution < -0.4 is 5.32 Å². The Morgan fingerprint density at radius 2 is 1.94 bits per heavy atom. The number of aryl methyl sites for hydroxylation is 1. The highest BCUT2D eigenvalue weighted by Gasteiger charge is 2.38. The molecule has 2 heterocycles. The number of nitrogens with one attached hydrogen (secondary N) is 1. The van der Waals surface area contributed by atoms with Gasteiger partial charge >= 0.3 is 6.18 Å². The number of likely N-dealkylation sites (tertiary alicyclic amines) is 1. The van der Waals surface area contributed by atoms with Gasteiger partial charge in [-0.25, -0.2) is 4.39 Å². The van der Waals surface area contributed by atoms with E-state index in [1.807, 2.05) is 11.1 Å². The fourth-order valence-corrected chi connectivity index (χ4v) is 4.10. The molecule has 0 saturated carbocycles. The van der Waals surface area contributed by atoms with Crippen LogP contribution in [0.25, 0.3) is 0 Å². The zero-order chi connectivity index (χ0) is 22.9. The minimum absolute atomic E-state index is 0.248. The molecule has 1 aliphatic heterocycles. The van der Waals surface area contributed by atoms with E-state index in [4.69, 9.17) is 0 Å². The Morgan fingerprint density at radius 3 is 2.59 bits per heavy atom. The molecular weight excluding hydrogens is 424 g/mol. The number of carbonyl (C=O) groups excluding carboxylic acids is 1. The van der Waals surface area contributed by atoms with E-state index in [-0.39, 0.29) is 11.9 Å². The van der Waals surface area contributed by atoms with Crippen LogP contribution in [0, 0.1) is 11.7 Å². The largest absolute Gasteiger partial charge is 0.416 e. The summed E-state index contributed by atoms with van der Waals surface area (Å²) in [6, 6.07) is 10.3. The van der Waals surface area contributed by atoms with Crippen molar-refractivity contribution in [1.29, 1.82) is 0 Å². The molecule has 5 nitrogen and oxygen atoms in total. The van der Waals surface area contributed by atoms with Crippen LogP contribution in [0.2, 0.25) is 0 Å². The van der Waals surface area contributed by atoms with Crippen LogP contribution in [-0.4, -0.2) is 27.1 Å². The van der Waals surface area contributed by atoms with E-state index in [1.54, 1.807) is 24.0 Å². The molecule has 1 aliphatic rings. The van der Waals surface area contributed by atoms with E-state index < -0.39 is 23.5 Å². The van der Waals surface area contributed by atoms with Gasteiger partial charge in [0.25, 0.3) is 0 Å². The van der Waals surface area contributed by atoms with E-state index >= 15 is 0 Å². The number of hydrogen-bond donors (Lipinski definition) is 1. The SMILES string of the molecule is Cn1cc(CN2C[C@H](C(=O)Nc3ccc(F)cc3)C[C@H]2c2cccc(C(F)(F)F)c2)cn1. The first-order valence-corrected chi connectivity index (χ1v) is 10.1. The van der Waals surface area contributed by atoms with Gasteiger partial charge in [-0.15, -0.1) is 0 Å². The predicted octanol–water partition coefficient (Wildman–Crippen LogP) is 4.78. The zero-order valence-corrected chi connectivity index (χ0v) is 17.3. The van der Waals surface area contributed by atoms with Crippen LogP contribution in [0.3, 0.4) is 0 Å². The summed E-state index contributed by atoms with van der Waals surface area (Å²) in [5.41, 5.74) is 1.18. The standard InChI is InChI=1S/C23H22F4N4O/c1-30-12-15(11-28-30)13-31-14-17(22(32)29-20-7-5-19(24)6-8-20)10-21(31)16-3-2-4-18(9-16)23(25,26)27/h2-9,11-12,17,21H,10,13-14H2,1H3,(H,29,32)/t17-,21+/m1/s1. The summed E-state index contributed by atoms with van der Waals surface area (Å²) in [5.74, 6) is -1.09. The van der Waals surface area contributed by atoms with Crippen molar-refractivity contribution < 1.29 is 22.4 Å². The van der Waals surface area contributed by atoms with E-state index in [0.717, 1.165) is 17.7 Å². The number of amides is 1. The minimum Gasteiger partial charge on any atom is -0.326 e. The van der Waals surface area contributed by atoms with Gasteiger partial charge in [0.05, 0.1) is 17.7 Å². The Balaban J connectivity index is 1.57. The number of hydrogen-bond acceptors (Lipinski definition) is 3. The number of alkyl halides is 3. The molecule has 1 amide bonds. The number of rotatable bonds is 5. The summed E-state index contributed by atoms with van der Waals surface area (Å²) >= 11 is 0. The van der Waals surface area contributed by atoms with E-state index in [0.29, 0.717) is 30.8 Å². The van der Waals surface area contributed by atoms with Crippen molar-refractivity contribution in [2.45, 2.75) is 25.2 Å². The Labute approximate surface area is 182 Å². The van der Waals surface area contributed by atoms with Crippen molar-refractivity contribution in [3.8, 4) is 0 Å². The van der Waals surface area contributed by atoms with Gasteiger partial charge in [-0.2, -0.15) is 18.3 Å². The number of carbonyl (C=O) groups is 1. The van der Waals surface area contributed by atoms with Crippen LogP contribution in [0.1, 0.15) is 29.2 Å². The van der Waals surface area contributed by atoms with Crippen molar-refractivity contribution in [1.82, 2.24) is 14.7 Å². The van der Waals surface area contributed by atoms with E-state index in [1.165, 1.54) is 30.3 Å². The van der Waals surface area contributed by atoms with Gasteiger partial charge in [0.1, 0.15) is 5.82 Å². The molecule has 0 spiro atoms. The number of anilines is 1. The maximum Gasteiger partial charge on any atom is 0.416 e. The molecule has 9 heteroatoms. The second-order valence-corrected chi connectivity index (χ2v) is 8.02. The Hall–Kier alpha value is -3.20. The molecule has 2 aromatic carbocycles. The average molecular weight is 446 g/mol. The molecular formula is C23H22F4N4O. The number of halogens is 4. The van der Waals surface area contributed by atoms with Crippen LogP contribution in [0.4, 0.5) is 23.2 Å².